The molecule has 0 saturated heterocycles. The highest BCUT2D eigenvalue weighted by Gasteiger charge is 2.36. The van der Waals surface area contributed by atoms with E-state index < -0.39 is 0 Å². The van der Waals surface area contributed by atoms with Gasteiger partial charge in [0.2, 0.25) is 0 Å². The van der Waals surface area contributed by atoms with Crippen LogP contribution in [0.1, 0.15) is 19.8 Å². The molecule has 1 fully saturated rings. The molecule has 0 aromatic carbocycles. The first-order chi connectivity index (χ1) is 6.18. The molecular formula is C9H12ClN3. The first-order valence-electron chi connectivity index (χ1n) is 4.39. The van der Waals surface area contributed by atoms with Gasteiger partial charge in [-0.3, -0.25) is 4.98 Å². The van der Waals surface area contributed by atoms with Crippen molar-refractivity contribution >= 4 is 17.4 Å². The quantitative estimate of drug-likeness (QED) is 0.809. The molecule has 1 aromatic heterocycles. The number of anilines is 1. The van der Waals surface area contributed by atoms with E-state index in [9.17, 15) is 0 Å². The molecule has 13 heavy (non-hydrogen) atoms. The minimum absolute atomic E-state index is 0.436. The molecule has 1 aliphatic carbocycles. The Labute approximate surface area is 82.5 Å². The highest BCUT2D eigenvalue weighted by Crippen LogP contribution is 2.44. The predicted molar refractivity (Wildman–Crippen MR) is 52.9 cm³/mol. The maximum absolute atomic E-state index is 5.70. The largest absolute Gasteiger partial charge is 0.368 e. The molecule has 3 nitrogen and oxygen atoms in total. The van der Waals surface area contributed by atoms with Gasteiger partial charge in [-0.2, -0.15) is 0 Å². The second-order valence-corrected chi connectivity index (χ2v) is 4.28. The van der Waals surface area contributed by atoms with Crippen molar-refractivity contribution in [1.82, 2.24) is 9.97 Å². The Hall–Kier alpha value is -0.830. The lowest BCUT2D eigenvalue weighted by molar-refractivity contribution is 0.609. The van der Waals surface area contributed by atoms with Crippen LogP contribution in [-0.4, -0.2) is 16.5 Å². The molecule has 0 atom stereocenters. The van der Waals surface area contributed by atoms with Gasteiger partial charge in [-0.25, -0.2) is 4.98 Å². The summed E-state index contributed by atoms with van der Waals surface area (Å²) in [6, 6.07) is 0. The van der Waals surface area contributed by atoms with Crippen LogP contribution in [0.4, 0.5) is 5.82 Å². The van der Waals surface area contributed by atoms with Gasteiger partial charge in [-0.1, -0.05) is 18.5 Å². The standard InChI is InChI=1S/C9H12ClN3/c1-9(2-3-9)6-12-8-5-11-4-7(10)13-8/h4-5H,2-3,6H2,1H3,(H,12,13). The summed E-state index contributed by atoms with van der Waals surface area (Å²) in [6.45, 7) is 3.22. The SMILES string of the molecule is CC1(CNc2cncc(Cl)n2)CC1. The lowest BCUT2D eigenvalue weighted by Gasteiger charge is -2.09. The van der Waals surface area contributed by atoms with Gasteiger partial charge in [-0.15, -0.1) is 0 Å². The number of rotatable bonds is 3. The van der Waals surface area contributed by atoms with Crippen molar-refractivity contribution < 1.29 is 0 Å². The molecule has 0 amide bonds. The van der Waals surface area contributed by atoms with Crippen molar-refractivity contribution in [3.05, 3.63) is 17.5 Å². The van der Waals surface area contributed by atoms with Crippen molar-refractivity contribution in [2.45, 2.75) is 19.8 Å². The maximum Gasteiger partial charge on any atom is 0.149 e. The van der Waals surface area contributed by atoms with Gasteiger partial charge in [0, 0.05) is 6.54 Å². The summed E-state index contributed by atoms with van der Waals surface area (Å²) in [7, 11) is 0. The third-order valence-electron chi connectivity index (χ3n) is 2.40. The lowest BCUT2D eigenvalue weighted by Crippen LogP contribution is -2.12. The molecule has 1 N–H and O–H groups in total. The van der Waals surface area contributed by atoms with Gasteiger partial charge in [-0.05, 0) is 18.3 Å². The molecule has 4 heteroatoms. The lowest BCUT2D eigenvalue weighted by atomic mass is 10.1. The fourth-order valence-electron chi connectivity index (χ4n) is 1.12. The van der Waals surface area contributed by atoms with Gasteiger partial charge in [0.15, 0.2) is 0 Å². The fraction of sp³-hybridized carbons (Fsp3) is 0.556. The Balaban J connectivity index is 1.94. The van der Waals surface area contributed by atoms with E-state index in [4.69, 9.17) is 11.6 Å². The summed E-state index contributed by atoms with van der Waals surface area (Å²) in [4.78, 5) is 8.04. The van der Waals surface area contributed by atoms with Crippen LogP contribution in [0.15, 0.2) is 12.4 Å². The zero-order valence-corrected chi connectivity index (χ0v) is 8.30. The first kappa shape index (κ1) is 8.75. The predicted octanol–water partition coefficient (Wildman–Crippen LogP) is 2.34. The van der Waals surface area contributed by atoms with E-state index in [1.54, 1.807) is 6.20 Å². The number of nitrogens with zero attached hydrogens (tertiary/aromatic N) is 2. The Kier molecular flexibility index (Phi) is 2.12. The summed E-state index contributed by atoms with van der Waals surface area (Å²) in [6.07, 6.45) is 5.82. The van der Waals surface area contributed by atoms with Crippen LogP contribution in [0.2, 0.25) is 5.15 Å². The fourth-order valence-corrected chi connectivity index (χ4v) is 1.27. The minimum atomic E-state index is 0.436. The maximum atomic E-state index is 5.70. The molecule has 1 aliphatic rings. The molecule has 70 valence electrons. The van der Waals surface area contributed by atoms with Crippen LogP contribution >= 0.6 is 11.6 Å². The smallest absolute Gasteiger partial charge is 0.149 e. The van der Waals surface area contributed by atoms with Crippen molar-refractivity contribution in [1.29, 1.82) is 0 Å². The number of hydrogen-bond acceptors (Lipinski definition) is 3. The van der Waals surface area contributed by atoms with Crippen molar-refractivity contribution in [3.63, 3.8) is 0 Å². The van der Waals surface area contributed by atoms with E-state index in [2.05, 4.69) is 22.2 Å². The van der Waals surface area contributed by atoms with Crippen molar-refractivity contribution in [3.8, 4) is 0 Å². The monoisotopic (exact) mass is 197 g/mol. The van der Waals surface area contributed by atoms with Crippen LogP contribution < -0.4 is 5.32 Å². The highest BCUT2D eigenvalue weighted by atomic mass is 35.5. The van der Waals surface area contributed by atoms with Gasteiger partial charge in [0.1, 0.15) is 11.0 Å². The zero-order valence-electron chi connectivity index (χ0n) is 7.55. The first-order valence-corrected chi connectivity index (χ1v) is 4.77. The number of halogens is 1. The number of nitrogens with one attached hydrogen (secondary N) is 1. The summed E-state index contributed by atoms with van der Waals surface area (Å²) >= 11 is 5.70. The summed E-state index contributed by atoms with van der Waals surface area (Å²) in [5, 5.41) is 3.67. The summed E-state index contributed by atoms with van der Waals surface area (Å²) < 4.78 is 0. The summed E-state index contributed by atoms with van der Waals surface area (Å²) in [5.74, 6) is 0.764. The van der Waals surface area contributed by atoms with E-state index in [0.717, 1.165) is 12.4 Å². The third-order valence-corrected chi connectivity index (χ3v) is 2.59. The average molecular weight is 198 g/mol. The Morgan fingerprint density at radius 3 is 2.92 bits per heavy atom. The van der Waals surface area contributed by atoms with E-state index in [-0.39, 0.29) is 0 Å². The molecule has 1 saturated carbocycles. The second kappa shape index (κ2) is 3.14. The minimum Gasteiger partial charge on any atom is -0.368 e. The number of aromatic nitrogens is 2. The normalized spacial score (nSPS) is 18.3. The Bertz CT molecular complexity index is 309. The molecule has 0 bridgehead atoms. The summed E-state index contributed by atoms with van der Waals surface area (Å²) in [5.41, 5.74) is 0.476. The van der Waals surface area contributed by atoms with Gasteiger partial charge < -0.3 is 5.32 Å². The van der Waals surface area contributed by atoms with E-state index in [1.807, 2.05) is 0 Å². The van der Waals surface area contributed by atoms with E-state index in [0.29, 0.717) is 10.6 Å². The molecular weight excluding hydrogens is 186 g/mol. The van der Waals surface area contributed by atoms with Gasteiger partial charge in [0.05, 0.1) is 12.4 Å². The zero-order chi connectivity index (χ0) is 9.31. The third kappa shape index (κ3) is 2.31. The van der Waals surface area contributed by atoms with Crippen molar-refractivity contribution in [2.24, 2.45) is 5.41 Å². The topological polar surface area (TPSA) is 37.8 Å². The van der Waals surface area contributed by atoms with E-state index >= 15 is 0 Å². The van der Waals surface area contributed by atoms with Gasteiger partial charge in [0.25, 0.3) is 0 Å². The van der Waals surface area contributed by atoms with Crippen LogP contribution in [0, 0.1) is 5.41 Å². The van der Waals surface area contributed by atoms with Crippen LogP contribution in [0.3, 0.4) is 0 Å². The molecule has 0 spiro atoms. The van der Waals surface area contributed by atoms with Crippen LogP contribution in [0.25, 0.3) is 0 Å². The van der Waals surface area contributed by atoms with Gasteiger partial charge >= 0.3 is 0 Å². The second-order valence-electron chi connectivity index (χ2n) is 3.89. The Morgan fingerprint density at radius 2 is 2.31 bits per heavy atom. The molecule has 0 aliphatic heterocycles. The molecule has 0 unspecified atom stereocenters. The van der Waals surface area contributed by atoms with Crippen molar-refractivity contribution in [2.75, 3.05) is 11.9 Å². The van der Waals surface area contributed by atoms with Crippen LogP contribution in [-0.2, 0) is 0 Å². The Morgan fingerprint density at radius 1 is 1.54 bits per heavy atom. The number of hydrogen-bond donors (Lipinski definition) is 1. The molecule has 1 heterocycles. The van der Waals surface area contributed by atoms with E-state index in [1.165, 1.54) is 19.0 Å². The average Bonchev–Trinajstić information content (AvgIpc) is 2.82. The van der Waals surface area contributed by atoms with Crippen LogP contribution in [0.5, 0.6) is 0 Å². The molecule has 2 rings (SSSR count). The molecule has 1 aromatic rings. The highest BCUT2D eigenvalue weighted by molar-refractivity contribution is 6.29. The molecule has 0 radical (unpaired) electrons.